The van der Waals surface area contributed by atoms with Gasteiger partial charge in [-0.05, 0) is 48.5 Å². The van der Waals surface area contributed by atoms with Crippen LogP contribution < -0.4 is 10.1 Å². The molecule has 0 radical (unpaired) electrons. The summed E-state index contributed by atoms with van der Waals surface area (Å²) in [6.07, 6.45) is 1.77. The van der Waals surface area contributed by atoms with Gasteiger partial charge in [0.1, 0.15) is 12.1 Å². The molecular weight excluding hydrogens is 326 g/mol. The third-order valence-corrected chi connectivity index (χ3v) is 4.22. The van der Waals surface area contributed by atoms with Gasteiger partial charge >= 0.3 is 0 Å². The van der Waals surface area contributed by atoms with Crippen LogP contribution in [0.4, 0.5) is 5.69 Å². The Bertz CT molecular complexity index is 1070. The fourth-order valence-electron chi connectivity index (χ4n) is 2.88. The molecule has 1 heterocycles. The Balaban J connectivity index is 1.68. The van der Waals surface area contributed by atoms with Crippen molar-refractivity contribution in [1.29, 1.82) is 0 Å². The Labute approximate surface area is 150 Å². The lowest BCUT2D eigenvalue weighted by atomic mass is 10.2. The second-order valence-corrected chi connectivity index (χ2v) is 5.80. The molecule has 0 saturated carbocycles. The Kier molecular flexibility index (Phi) is 4.11. The number of para-hydroxylation sites is 4. The second-order valence-electron chi connectivity index (χ2n) is 5.80. The van der Waals surface area contributed by atoms with Crippen LogP contribution in [0.5, 0.6) is 5.75 Å². The molecule has 0 fully saturated rings. The standard InChI is InChI=1S/C21H17N3O2/c1-26-16-12-10-15(11-13-16)21(25)23-18-7-3-5-9-20(18)24-14-22-17-6-2-4-8-19(17)24/h2-14H,1H3,(H,23,25). The molecule has 128 valence electrons. The zero-order valence-corrected chi connectivity index (χ0v) is 14.2. The summed E-state index contributed by atoms with van der Waals surface area (Å²) in [6, 6.07) is 22.6. The summed E-state index contributed by atoms with van der Waals surface area (Å²) < 4.78 is 7.11. The van der Waals surface area contributed by atoms with Crippen LogP contribution in [0.15, 0.2) is 79.1 Å². The number of amides is 1. The van der Waals surface area contributed by atoms with Crippen LogP contribution in [0.3, 0.4) is 0 Å². The van der Waals surface area contributed by atoms with E-state index < -0.39 is 0 Å². The number of carbonyl (C=O) groups is 1. The fourth-order valence-corrected chi connectivity index (χ4v) is 2.88. The van der Waals surface area contributed by atoms with Gasteiger partial charge in [0.05, 0.1) is 29.5 Å². The van der Waals surface area contributed by atoms with Crippen molar-refractivity contribution in [3.05, 3.63) is 84.7 Å². The van der Waals surface area contributed by atoms with Crippen molar-refractivity contribution in [3.63, 3.8) is 0 Å². The minimum absolute atomic E-state index is 0.176. The van der Waals surface area contributed by atoms with E-state index >= 15 is 0 Å². The minimum atomic E-state index is -0.176. The molecule has 3 aromatic carbocycles. The number of methoxy groups -OCH3 is 1. The average molecular weight is 343 g/mol. The van der Waals surface area contributed by atoms with E-state index in [1.54, 1.807) is 37.7 Å². The smallest absolute Gasteiger partial charge is 0.255 e. The maximum Gasteiger partial charge on any atom is 0.255 e. The Morgan fingerprint density at radius 1 is 0.962 bits per heavy atom. The molecule has 4 aromatic rings. The quantitative estimate of drug-likeness (QED) is 0.601. The van der Waals surface area contributed by atoms with E-state index in [4.69, 9.17) is 4.74 Å². The van der Waals surface area contributed by atoms with E-state index in [-0.39, 0.29) is 5.91 Å². The molecule has 0 bridgehead atoms. The molecule has 0 atom stereocenters. The molecule has 0 unspecified atom stereocenters. The third kappa shape index (κ3) is 2.91. The molecule has 0 saturated heterocycles. The number of hydrogen-bond acceptors (Lipinski definition) is 3. The largest absolute Gasteiger partial charge is 0.497 e. The highest BCUT2D eigenvalue weighted by Gasteiger charge is 2.12. The van der Waals surface area contributed by atoms with E-state index in [2.05, 4.69) is 10.3 Å². The lowest BCUT2D eigenvalue weighted by molar-refractivity contribution is 0.102. The van der Waals surface area contributed by atoms with Crippen molar-refractivity contribution in [2.75, 3.05) is 12.4 Å². The maximum absolute atomic E-state index is 12.6. The lowest BCUT2D eigenvalue weighted by Crippen LogP contribution is -2.13. The van der Waals surface area contributed by atoms with Gasteiger partial charge in [0.15, 0.2) is 0 Å². The van der Waals surface area contributed by atoms with Crippen LogP contribution >= 0.6 is 0 Å². The van der Waals surface area contributed by atoms with Gasteiger partial charge in [-0.25, -0.2) is 4.98 Å². The first-order chi connectivity index (χ1) is 12.8. The van der Waals surface area contributed by atoms with Gasteiger partial charge in [-0.1, -0.05) is 24.3 Å². The number of fused-ring (bicyclic) bond motifs is 1. The molecule has 0 aliphatic carbocycles. The van der Waals surface area contributed by atoms with Gasteiger partial charge in [-0.2, -0.15) is 0 Å². The molecule has 26 heavy (non-hydrogen) atoms. The van der Waals surface area contributed by atoms with Crippen LogP contribution in [0.2, 0.25) is 0 Å². The average Bonchev–Trinajstić information content (AvgIpc) is 3.12. The van der Waals surface area contributed by atoms with E-state index in [9.17, 15) is 4.79 Å². The van der Waals surface area contributed by atoms with Crippen LogP contribution in [0, 0.1) is 0 Å². The summed E-state index contributed by atoms with van der Waals surface area (Å²) in [6.45, 7) is 0. The molecule has 0 spiro atoms. The number of benzene rings is 3. The zero-order chi connectivity index (χ0) is 17.9. The molecule has 1 amide bonds. The highest BCUT2D eigenvalue weighted by molar-refractivity contribution is 6.05. The number of aromatic nitrogens is 2. The van der Waals surface area contributed by atoms with Crippen LogP contribution in [-0.2, 0) is 0 Å². The van der Waals surface area contributed by atoms with Gasteiger partial charge in [-0.15, -0.1) is 0 Å². The molecule has 5 nitrogen and oxygen atoms in total. The minimum Gasteiger partial charge on any atom is -0.497 e. The highest BCUT2D eigenvalue weighted by atomic mass is 16.5. The van der Waals surface area contributed by atoms with Crippen molar-refractivity contribution in [3.8, 4) is 11.4 Å². The number of hydrogen-bond donors (Lipinski definition) is 1. The van der Waals surface area contributed by atoms with E-state index in [0.29, 0.717) is 11.3 Å². The summed E-state index contributed by atoms with van der Waals surface area (Å²) in [5.74, 6) is 0.538. The number of nitrogens with zero attached hydrogens (tertiary/aromatic N) is 2. The third-order valence-electron chi connectivity index (χ3n) is 4.22. The number of anilines is 1. The Hall–Kier alpha value is -3.60. The first-order valence-electron chi connectivity index (χ1n) is 8.23. The predicted molar refractivity (Wildman–Crippen MR) is 102 cm³/mol. The number of imidazole rings is 1. The predicted octanol–water partition coefficient (Wildman–Crippen LogP) is 4.29. The Morgan fingerprint density at radius 2 is 1.69 bits per heavy atom. The summed E-state index contributed by atoms with van der Waals surface area (Å²) in [5, 5.41) is 2.99. The zero-order valence-electron chi connectivity index (χ0n) is 14.2. The van der Waals surface area contributed by atoms with Crippen LogP contribution in [-0.4, -0.2) is 22.6 Å². The van der Waals surface area contributed by atoms with Gasteiger partial charge in [0.2, 0.25) is 0 Å². The number of ether oxygens (including phenoxy) is 1. The first kappa shape index (κ1) is 15.9. The van der Waals surface area contributed by atoms with Crippen molar-refractivity contribution < 1.29 is 9.53 Å². The molecule has 5 heteroatoms. The van der Waals surface area contributed by atoms with Crippen molar-refractivity contribution in [1.82, 2.24) is 9.55 Å². The Morgan fingerprint density at radius 3 is 2.50 bits per heavy atom. The van der Waals surface area contributed by atoms with Gasteiger partial charge in [-0.3, -0.25) is 9.36 Å². The number of carbonyl (C=O) groups excluding carboxylic acids is 1. The van der Waals surface area contributed by atoms with Gasteiger partial charge in [0, 0.05) is 5.56 Å². The van der Waals surface area contributed by atoms with Crippen LogP contribution in [0.25, 0.3) is 16.7 Å². The van der Waals surface area contributed by atoms with Gasteiger partial charge < -0.3 is 10.1 Å². The molecule has 4 rings (SSSR count). The van der Waals surface area contributed by atoms with Crippen molar-refractivity contribution in [2.45, 2.75) is 0 Å². The molecule has 0 aliphatic heterocycles. The number of rotatable bonds is 4. The number of nitrogens with one attached hydrogen (secondary N) is 1. The monoisotopic (exact) mass is 343 g/mol. The molecule has 1 aromatic heterocycles. The molecule has 1 N–H and O–H groups in total. The summed E-state index contributed by atoms with van der Waals surface area (Å²) in [5.41, 5.74) is 4.04. The SMILES string of the molecule is COc1ccc(C(=O)Nc2ccccc2-n2cnc3ccccc32)cc1. The maximum atomic E-state index is 12.6. The topological polar surface area (TPSA) is 56.1 Å². The highest BCUT2D eigenvalue weighted by Crippen LogP contribution is 2.25. The van der Waals surface area contributed by atoms with Crippen LogP contribution in [0.1, 0.15) is 10.4 Å². The normalized spacial score (nSPS) is 10.7. The van der Waals surface area contributed by atoms with E-state index in [0.717, 1.165) is 22.4 Å². The summed E-state index contributed by atoms with van der Waals surface area (Å²) in [7, 11) is 1.60. The molecule has 0 aliphatic rings. The van der Waals surface area contributed by atoms with Gasteiger partial charge in [0.25, 0.3) is 5.91 Å². The second kappa shape index (κ2) is 6.72. The lowest BCUT2D eigenvalue weighted by Gasteiger charge is -2.13. The molecular formula is C21H17N3O2. The first-order valence-corrected chi connectivity index (χ1v) is 8.23. The van der Waals surface area contributed by atoms with Crippen molar-refractivity contribution >= 4 is 22.6 Å². The fraction of sp³-hybridized carbons (Fsp3) is 0.0476. The summed E-state index contributed by atoms with van der Waals surface area (Å²) >= 11 is 0. The summed E-state index contributed by atoms with van der Waals surface area (Å²) in [4.78, 5) is 17.1. The van der Waals surface area contributed by atoms with Crippen molar-refractivity contribution in [2.24, 2.45) is 0 Å². The van der Waals surface area contributed by atoms with E-state index in [1.165, 1.54) is 0 Å². The van der Waals surface area contributed by atoms with E-state index in [1.807, 2.05) is 53.1 Å².